The second kappa shape index (κ2) is 5.20. The van der Waals surface area contributed by atoms with E-state index in [-0.39, 0.29) is 11.5 Å². The van der Waals surface area contributed by atoms with Gasteiger partial charge in [0.25, 0.3) is 0 Å². The zero-order valence-corrected chi connectivity index (χ0v) is 12.0. The van der Waals surface area contributed by atoms with Gasteiger partial charge in [-0.15, -0.1) is 0 Å². The average molecular weight is 285 g/mol. The summed E-state index contributed by atoms with van der Waals surface area (Å²) < 4.78 is 32.3. The molecule has 0 radical (unpaired) electrons. The van der Waals surface area contributed by atoms with E-state index < -0.39 is 15.6 Å². The van der Waals surface area contributed by atoms with Crippen LogP contribution in [0.3, 0.4) is 0 Å². The molecule has 1 saturated heterocycles. The maximum absolute atomic E-state index is 12.7. The number of benzene rings is 1. The highest BCUT2D eigenvalue weighted by molar-refractivity contribution is 7.89. The van der Waals surface area contributed by atoms with Crippen molar-refractivity contribution >= 4 is 10.0 Å². The number of ether oxygens (including phenoxy) is 1. The van der Waals surface area contributed by atoms with Crippen molar-refractivity contribution in [2.45, 2.75) is 30.9 Å². The van der Waals surface area contributed by atoms with Crippen LogP contribution in [0.1, 0.15) is 19.4 Å². The third-order valence-corrected chi connectivity index (χ3v) is 5.49. The first kappa shape index (κ1) is 14.5. The molecule has 1 aliphatic heterocycles. The predicted octanol–water partition coefficient (Wildman–Crippen LogP) is 0.978. The number of nitrogens with zero attached hydrogens (tertiary/aromatic N) is 1. The summed E-state index contributed by atoms with van der Waals surface area (Å²) in [7, 11) is -3.62. The smallest absolute Gasteiger partial charge is 0.244 e. The second-order valence-corrected chi connectivity index (χ2v) is 7.04. The summed E-state index contributed by atoms with van der Waals surface area (Å²) in [6, 6.07) is 6.54. The van der Waals surface area contributed by atoms with E-state index in [0.29, 0.717) is 25.3 Å². The van der Waals surface area contributed by atoms with E-state index in [1.807, 2.05) is 13.8 Å². The lowest BCUT2D eigenvalue weighted by atomic mass is 10.1. The second-order valence-electron chi connectivity index (χ2n) is 5.21. The Morgan fingerprint density at radius 3 is 2.68 bits per heavy atom. The van der Waals surface area contributed by atoms with Gasteiger partial charge in [0.05, 0.1) is 30.3 Å². The molecule has 1 aromatic carbocycles. The molecule has 0 spiro atoms. The van der Waals surface area contributed by atoms with Gasteiger partial charge in [-0.05, 0) is 25.5 Å². The van der Waals surface area contributed by atoms with Gasteiger partial charge in [-0.3, -0.25) is 0 Å². The van der Waals surface area contributed by atoms with E-state index in [1.54, 1.807) is 18.2 Å². The lowest BCUT2D eigenvalue weighted by molar-refractivity contribution is -0.00775. The van der Waals surface area contributed by atoms with Crippen LogP contribution in [0.25, 0.3) is 0 Å². The summed E-state index contributed by atoms with van der Waals surface area (Å²) in [5.74, 6) is 0. The number of hydrogen-bond donors (Lipinski definition) is 1. The van der Waals surface area contributed by atoms with Crippen molar-refractivity contribution in [2.75, 3.05) is 19.8 Å². The number of aliphatic hydroxyl groups is 1. The molecule has 6 heteroatoms. The highest BCUT2D eigenvalue weighted by atomic mass is 32.2. The summed E-state index contributed by atoms with van der Waals surface area (Å²) >= 11 is 0. The van der Waals surface area contributed by atoms with Crippen molar-refractivity contribution in [3.05, 3.63) is 29.8 Å². The van der Waals surface area contributed by atoms with Crippen molar-refractivity contribution in [2.24, 2.45) is 0 Å². The van der Waals surface area contributed by atoms with E-state index >= 15 is 0 Å². The molecule has 0 aromatic heterocycles. The first-order valence-corrected chi connectivity index (χ1v) is 7.63. The van der Waals surface area contributed by atoms with E-state index in [2.05, 4.69) is 0 Å². The predicted molar refractivity (Wildman–Crippen MR) is 71.2 cm³/mol. The van der Waals surface area contributed by atoms with Crippen LogP contribution in [0.2, 0.25) is 0 Å². The minimum atomic E-state index is -3.62. The number of sulfonamides is 1. The van der Waals surface area contributed by atoms with Crippen molar-refractivity contribution in [3.8, 4) is 0 Å². The molecule has 0 aliphatic carbocycles. The first-order chi connectivity index (χ1) is 8.89. The fourth-order valence-corrected chi connectivity index (χ4v) is 4.26. The minimum absolute atomic E-state index is 0.174. The summed E-state index contributed by atoms with van der Waals surface area (Å²) in [5, 5.41) is 9.30. The molecule has 1 aliphatic rings. The van der Waals surface area contributed by atoms with Gasteiger partial charge in [-0.25, -0.2) is 8.42 Å². The van der Waals surface area contributed by atoms with Gasteiger partial charge in [0, 0.05) is 6.54 Å². The molecule has 0 saturated carbocycles. The highest BCUT2D eigenvalue weighted by Crippen LogP contribution is 2.29. The van der Waals surface area contributed by atoms with Gasteiger partial charge < -0.3 is 9.84 Å². The molecule has 106 valence electrons. The summed E-state index contributed by atoms with van der Waals surface area (Å²) in [6.07, 6.45) is 0. The fraction of sp³-hybridized carbons (Fsp3) is 0.538. The van der Waals surface area contributed by atoms with Crippen molar-refractivity contribution in [1.82, 2.24) is 4.31 Å². The molecule has 1 aromatic rings. The molecule has 19 heavy (non-hydrogen) atoms. The first-order valence-electron chi connectivity index (χ1n) is 6.19. The summed E-state index contributed by atoms with van der Waals surface area (Å²) in [6.45, 7) is 4.48. The number of hydrogen-bond acceptors (Lipinski definition) is 4. The van der Waals surface area contributed by atoms with Crippen LogP contribution < -0.4 is 0 Å². The Kier molecular flexibility index (Phi) is 3.96. The third-order valence-electron chi connectivity index (χ3n) is 3.28. The van der Waals surface area contributed by atoms with Gasteiger partial charge in [0.15, 0.2) is 0 Å². The molecule has 0 bridgehead atoms. The average Bonchev–Trinajstić information content (AvgIpc) is 2.37. The molecule has 1 fully saturated rings. The molecule has 5 nitrogen and oxygen atoms in total. The molecule has 1 N–H and O–H groups in total. The lowest BCUT2D eigenvalue weighted by Gasteiger charge is -2.41. The highest BCUT2D eigenvalue weighted by Gasteiger charge is 2.40. The molecular weight excluding hydrogens is 266 g/mol. The monoisotopic (exact) mass is 285 g/mol. The fourth-order valence-electron chi connectivity index (χ4n) is 2.29. The van der Waals surface area contributed by atoms with Gasteiger partial charge in [0.1, 0.15) is 0 Å². The molecular formula is C13H19NO4S. The largest absolute Gasteiger partial charge is 0.392 e. The molecule has 0 unspecified atom stereocenters. The summed E-state index contributed by atoms with van der Waals surface area (Å²) in [4.78, 5) is 0.174. The van der Waals surface area contributed by atoms with Crippen LogP contribution in [0, 0.1) is 0 Å². The van der Waals surface area contributed by atoms with Crippen LogP contribution in [-0.4, -0.2) is 43.1 Å². The van der Waals surface area contributed by atoms with Gasteiger partial charge in [0.2, 0.25) is 10.0 Å². The van der Waals surface area contributed by atoms with Crippen LogP contribution in [0.4, 0.5) is 0 Å². The van der Waals surface area contributed by atoms with Gasteiger partial charge >= 0.3 is 0 Å². The Labute approximate surface area is 113 Å². The standard InChI is InChI=1S/C13H19NO4S/c1-13(2)10-18-8-7-14(13)19(16,17)12-6-4-3-5-11(12)9-15/h3-6,15H,7-10H2,1-2H3. The molecule has 1 heterocycles. The van der Waals surface area contributed by atoms with Gasteiger partial charge in [-0.1, -0.05) is 18.2 Å². The van der Waals surface area contributed by atoms with E-state index in [4.69, 9.17) is 4.74 Å². The minimum Gasteiger partial charge on any atom is -0.392 e. The summed E-state index contributed by atoms with van der Waals surface area (Å²) in [5.41, 5.74) is -0.163. The number of morpholine rings is 1. The quantitative estimate of drug-likeness (QED) is 0.899. The molecule has 0 atom stereocenters. The van der Waals surface area contributed by atoms with Crippen molar-refractivity contribution < 1.29 is 18.3 Å². The van der Waals surface area contributed by atoms with E-state index in [1.165, 1.54) is 10.4 Å². The van der Waals surface area contributed by atoms with Crippen LogP contribution in [0.15, 0.2) is 29.2 Å². The van der Waals surface area contributed by atoms with Crippen LogP contribution in [0.5, 0.6) is 0 Å². The lowest BCUT2D eigenvalue weighted by Crippen LogP contribution is -2.55. The third kappa shape index (κ3) is 2.67. The molecule has 0 amide bonds. The van der Waals surface area contributed by atoms with Crippen molar-refractivity contribution in [1.29, 1.82) is 0 Å². The van der Waals surface area contributed by atoms with E-state index in [9.17, 15) is 13.5 Å². The van der Waals surface area contributed by atoms with Crippen LogP contribution >= 0.6 is 0 Å². The Hall–Kier alpha value is -0.950. The Morgan fingerprint density at radius 2 is 2.05 bits per heavy atom. The normalized spacial score (nSPS) is 20.4. The van der Waals surface area contributed by atoms with Crippen molar-refractivity contribution in [3.63, 3.8) is 0 Å². The SMILES string of the molecule is CC1(C)COCCN1S(=O)(=O)c1ccccc1CO. The van der Waals surface area contributed by atoms with Crippen LogP contribution in [-0.2, 0) is 21.4 Å². The maximum Gasteiger partial charge on any atom is 0.244 e. The Bertz CT molecular complexity index is 554. The van der Waals surface area contributed by atoms with E-state index in [0.717, 1.165) is 0 Å². The Balaban J connectivity index is 2.47. The number of aliphatic hydroxyl groups excluding tert-OH is 1. The zero-order chi connectivity index (χ0) is 14.1. The maximum atomic E-state index is 12.7. The topological polar surface area (TPSA) is 66.8 Å². The van der Waals surface area contributed by atoms with Gasteiger partial charge in [-0.2, -0.15) is 4.31 Å². The Morgan fingerprint density at radius 1 is 1.37 bits per heavy atom. The molecule has 2 rings (SSSR count). The number of rotatable bonds is 3. The zero-order valence-electron chi connectivity index (χ0n) is 11.2.